The Morgan fingerprint density at radius 2 is 1.65 bits per heavy atom. The summed E-state index contributed by atoms with van der Waals surface area (Å²) in [5, 5.41) is 10.0. The number of halogens is 1. The lowest BCUT2D eigenvalue weighted by molar-refractivity contribution is -0.144. The van der Waals surface area contributed by atoms with Crippen molar-refractivity contribution in [3.8, 4) is 5.75 Å². The van der Waals surface area contributed by atoms with Gasteiger partial charge in [0.1, 0.15) is 17.9 Å². The van der Waals surface area contributed by atoms with Crippen molar-refractivity contribution in [2.75, 3.05) is 6.54 Å². The second-order valence-corrected chi connectivity index (χ2v) is 9.72. The third-order valence-corrected chi connectivity index (χ3v) is 6.32. The van der Waals surface area contributed by atoms with E-state index in [9.17, 15) is 14.7 Å². The summed E-state index contributed by atoms with van der Waals surface area (Å²) in [5.41, 5.74) is 4.70. The van der Waals surface area contributed by atoms with E-state index in [1.54, 1.807) is 0 Å². The van der Waals surface area contributed by atoms with Gasteiger partial charge in [0.05, 0.1) is 6.42 Å². The van der Waals surface area contributed by atoms with Crippen LogP contribution in [0.15, 0.2) is 66.7 Å². The fourth-order valence-corrected chi connectivity index (χ4v) is 4.54. The lowest BCUT2D eigenvalue weighted by Crippen LogP contribution is -2.36. The number of benzene rings is 3. The van der Waals surface area contributed by atoms with Crippen molar-refractivity contribution in [1.29, 1.82) is 0 Å². The Bertz CT molecular complexity index is 1190. The van der Waals surface area contributed by atoms with E-state index < -0.39 is 5.97 Å². The second kappa shape index (κ2) is 9.90. The maximum atomic E-state index is 13.0. The molecule has 0 bridgehead atoms. The van der Waals surface area contributed by atoms with Gasteiger partial charge >= 0.3 is 5.97 Å². The van der Waals surface area contributed by atoms with Crippen LogP contribution in [0, 0.1) is 6.92 Å². The molecule has 3 aromatic rings. The van der Waals surface area contributed by atoms with Crippen molar-refractivity contribution < 1.29 is 19.4 Å². The van der Waals surface area contributed by atoms with E-state index >= 15 is 0 Å². The molecular weight excluding hydrogens is 450 g/mol. The number of rotatable bonds is 8. The number of nitrogens with zero attached hydrogens (tertiary/aromatic N) is 1. The summed E-state index contributed by atoms with van der Waals surface area (Å²) in [5.74, 6) is -0.416. The Balaban J connectivity index is 1.44. The van der Waals surface area contributed by atoms with Crippen LogP contribution < -0.4 is 4.74 Å². The van der Waals surface area contributed by atoms with E-state index in [4.69, 9.17) is 16.3 Å². The molecule has 0 spiro atoms. The van der Waals surface area contributed by atoms with E-state index in [0.29, 0.717) is 5.02 Å². The average molecular weight is 478 g/mol. The number of carbonyl (C=O) groups is 2. The molecule has 1 N–H and O–H groups in total. The molecule has 1 aliphatic rings. The minimum Gasteiger partial charge on any atom is -0.487 e. The Morgan fingerprint density at radius 3 is 2.32 bits per heavy atom. The minimum atomic E-state index is -1.03. The highest BCUT2D eigenvalue weighted by molar-refractivity contribution is 6.30. The van der Waals surface area contributed by atoms with Gasteiger partial charge in [-0.3, -0.25) is 9.59 Å². The van der Waals surface area contributed by atoms with Crippen LogP contribution >= 0.6 is 11.6 Å². The smallest absolute Gasteiger partial charge is 0.323 e. The van der Waals surface area contributed by atoms with E-state index in [2.05, 4.69) is 6.92 Å². The molecule has 3 aromatic carbocycles. The van der Waals surface area contributed by atoms with Gasteiger partial charge in [0.25, 0.3) is 0 Å². The Kier molecular flexibility index (Phi) is 6.94. The van der Waals surface area contributed by atoms with Gasteiger partial charge in [-0.1, -0.05) is 65.7 Å². The van der Waals surface area contributed by atoms with E-state index in [1.165, 1.54) is 4.90 Å². The van der Waals surface area contributed by atoms with Gasteiger partial charge in [0.15, 0.2) is 0 Å². The number of fused-ring (bicyclic) bond motifs is 1. The number of hydrogen-bond acceptors (Lipinski definition) is 3. The first kappa shape index (κ1) is 23.8. The highest BCUT2D eigenvalue weighted by atomic mass is 35.5. The SMILES string of the molecule is Cc1ccc(CN(CC(=O)O)C(=O)Cc2ccc3c(c2)CC(C)(Cc2ccc(Cl)cc2)O3)cc1. The first-order valence-corrected chi connectivity index (χ1v) is 11.7. The largest absolute Gasteiger partial charge is 0.487 e. The number of carboxylic acids is 1. The highest BCUT2D eigenvalue weighted by Gasteiger charge is 2.35. The first-order chi connectivity index (χ1) is 16.2. The number of hydrogen-bond donors (Lipinski definition) is 1. The van der Waals surface area contributed by atoms with Crippen molar-refractivity contribution in [3.05, 3.63) is 99.6 Å². The van der Waals surface area contributed by atoms with Crippen LogP contribution in [0.25, 0.3) is 0 Å². The molecule has 1 unspecified atom stereocenters. The number of amides is 1. The van der Waals surface area contributed by atoms with Crippen molar-refractivity contribution in [3.63, 3.8) is 0 Å². The molecular formula is C28H28ClNO4. The van der Waals surface area contributed by atoms with Crippen molar-refractivity contribution in [2.24, 2.45) is 0 Å². The summed E-state index contributed by atoms with van der Waals surface area (Å²) >= 11 is 6.00. The Labute approximate surface area is 204 Å². The number of ether oxygens (including phenoxy) is 1. The predicted octanol–water partition coefficient (Wildman–Crippen LogP) is 5.24. The molecule has 0 saturated carbocycles. The Morgan fingerprint density at radius 1 is 1.00 bits per heavy atom. The average Bonchev–Trinajstić information content (AvgIpc) is 3.11. The van der Waals surface area contributed by atoms with Gasteiger partial charge in [0, 0.05) is 24.4 Å². The van der Waals surface area contributed by atoms with Crippen LogP contribution in [0.5, 0.6) is 5.75 Å². The number of aryl methyl sites for hydroxylation is 1. The van der Waals surface area contributed by atoms with Crippen LogP contribution in [0.1, 0.15) is 34.7 Å². The maximum Gasteiger partial charge on any atom is 0.323 e. The zero-order valence-corrected chi connectivity index (χ0v) is 20.1. The topological polar surface area (TPSA) is 66.8 Å². The molecule has 0 fully saturated rings. The van der Waals surface area contributed by atoms with Crippen molar-refractivity contribution in [1.82, 2.24) is 4.90 Å². The summed E-state index contributed by atoms with van der Waals surface area (Å²) < 4.78 is 6.27. The molecule has 1 heterocycles. The van der Waals surface area contributed by atoms with Gasteiger partial charge < -0.3 is 14.7 Å². The van der Waals surface area contributed by atoms with E-state index in [0.717, 1.165) is 46.4 Å². The minimum absolute atomic E-state index is 0.139. The van der Waals surface area contributed by atoms with Crippen LogP contribution in [-0.4, -0.2) is 34.0 Å². The fourth-order valence-electron chi connectivity index (χ4n) is 4.41. The lowest BCUT2D eigenvalue weighted by atomic mass is 9.91. The molecule has 4 rings (SSSR count). The molecule has 0 saturated heterocycles. The number of carboxylic acid groups (broad SMARTS) is 1. The van der Waals surface area contributed by atoms with E-state index in [-0.39, 0.29) is 31.0 Å². The van der Waals surface area contributed by atoms with Gasteiger partial charge in [-0.05, 0) is 54.3 Å². The molecule has 1 amide bonds. The zero-order chi connectivity index (χ0) is 24.3. The molecule has 0 aromatic heterocycles. The third-order valence-electron chi connectivity index (χ3n) is 6.07. The van der Waals surface area contributed by atoms with Gasteiger partial charge in [-0.15, -0.1) is 0 Å². The molecule has 0 aliphatic carbocycles. The first-order valence-electron chi connectivity index (χ1n) is 11.3. The Hall–Kier alpha value is -3.31. The summed E-state index contributed by atoms with van der Waals surface area (Å²) in [6.07, 6.45) is 1.62. The molecule has 176 valence electrons. The predicted molar refractivity (Wildman–Crippen MR) is 132 cm³/mol. The molecule has 5 nitrogen and oxygen atoms in total. The highest BCUT2D eigenvalue weighted by Crippen LogP contribution is 2.37. The van der Waals surface area contributed by atoms with Crippen molar-refractivity contribution in [2.45, 2.75) is 45.3 Å². The quantitative estimate of drug-likeness (QED) is 0.481. The monoisotopic (exact) mass is 477 g/mol. The normalized spacial score (nSPS) is 16.6. The van der Waals surface area contributed by atoms with Gasteiger partial charge in [-0.2, -0.15) is 0 Å². The van der Waals surface area contributed by atoms with Gasteiger partial charge in [0.2, 0.25) is 5.91 Å². The summed E-state index contributed by atoms with van der Waals surface area (Å²) in [6, 6.07) is 21.3. The van der Waals surface area contributed by atoms with Crippen LogP contribution in [0.3, 0.4) is 0 Å². The van der Waals surface area contributed by atoms with E-state index in [1.807, 2.05) is 73.7 Å². The summed E-state index contributed by atoms with van der Waals surface area (Å²) in [4.78, 5) is 25.8. The molecule has 6 heteroatoms. The summed E-state index contributed by atoms with van der Waals surface area (Å²) in [6.45, 7) is 4.00. The van der Waals surface area contributed by atoms with Crippen LogP contribution in [0.2, 0.25) is 5.02 Å². The summed E-state index contributed by atoms with van der Waals surface area (Å²) in [7, 11) is 0. The van der Waals surface area contributed by atoms with Crippen molar-refractivity contribution >= 4 is 23.5 Å². The maximum absolute atomic E-state index is 13.0. The molecule has 1 aliphatic heterocycles. The van der Waals surface area contributed by atoms with Crippen LogP contribution in [0.4, 0.5) is 0 Å². The standard InChI is InChI=1S/C28H28ClNO4/c1-19-3-5-21(6-4-19)17-30(18-27(32)33)26(31)14-22-9-12-25-23(13-22)16-28(2,34-25)15-20-7-10-24(29)11-8-20/h3-13H,14-18H2,1-2H3,(H,32,33). The molecule has 1 atom stereocenters. The third kappa shape index (κ3) is 5.97. The molecule has 0 radical (unpaired) electrons. The second-order valence-electron chi connectivity index (χ2n) is 9.28. The zero-order valence-electron chi connectivity index (χ0n) is 19.4. The number of aliphatic carboxylic acids is 1. The van der Waals surface area contributed by atoms with Gasteiger partial charge in [-0.25, -0.2) is 0 Å². The fraction of sp³-hybridized carbons (Fsp3) is 0.286. The van der Waals surface area contributed by atoms with Crippen LogP contribution in [-0.2, 0) is 35.4 Å². The lowest BCUT2D eigenvalue weighted by Gasteiger charge is -2.24. The molecule has 34 heavy (non-hydrogen) atoms. The number of carbonyl (C=O) groups excluding carboxylic acids is 1.